The predicted octanol–water partition coefficient (Wildman–Crippen LogP) is 3.80. The quantitative estimate of drug-likeness (QED) is 0.298. The van der Waals surface area contributed by atoms with Crippen LogP contribution in [-0.4, -0.2) is 43.3 Å². The Labute approximate surface area is 186 Å². The molecule has 2 aromatic rings. The zero-order chi connectivity index (χ0) is 21.1. The van der Waals surface area contributed by atoms with Crippen LogP contribution >= 0.6 is 44.1 Å². The van der Waals surface area contributed by atoms with Gasteiger partial charge in [-0.15, -0.1) is 0 Å². The molecule has 0 aromatic heterocycles. The van der Waals surface area contributed by atoms with E-state index in [1.807, 2.05) is 6.92 Å². The lowest BCUT2D eigenvalue weighted by Gasteiger charge is -2.15. The van der Waals surface area contributed by atoms with Gasteiger partial charge < -0.3 is 10.4 Å². The van der Waals surface area contributed by atoms with Gasteiger partial charge in [0.15, 0.2) is 5.11 Å². The van der Waals surface area contributed by atoms with Gasteiger partial charge in [0, 0.05) is 19.8 Å². The highest BCUT2D eigenvalue weighted by molar-refractivity contribution is 9.11. The minimum atomic E-state index is -3.55. The van der Waals surface area contributed by atoms with E-state index in [0.717, 1.165) is 15.4 Å². The molecule has 0 radical (unpaired) electrons. The fraction of sp³-hybridized carbons (Fsp3) is 0.176. The highest BCUT2D eigenvalue weighted by Gasteiger charge is 2.18. The van der Waals surface area contributed by atoms with E-state index in [4.69, 9.17) is 12.2 Å². The van der Waals surface area contributed by atoms with Crippen LogP contribution in [0, 0.1) is 6.92 Å². The van der Waals surface area contributed by atoms with Crippen molar-refractivity contribution < 1.29 is 13.5 Å². The molecule has 28 heavy (non-hydrogen) atoms. The molecule has 0 atom stereocenters. The summed E-state index contributed by atoms with van der Waals surface area (Å²) < 4.78 is 26.8. The number of hydrogen-bond acceptors (Lipinski definition) is 5. The number of rotatable bonds is 5. The fourth-order valence-electron chi connectivity index (χ4n) is 2.08. The van der Waals surface area contributed by atoms with Crippen LogP contribution in [-0.2, 0) is 10.0 Å². The molecule has 2 rings (SSSR count). The normalized spacial score (nSPS) is 11.8. The first-order valence-electron chi connectivity index (χ1n) is 7.83. The Hall–Kier alpha value is -1.53. The van der Waals surface area contributed by atoms with Gasteiger partial charge in [0.1, 0.15) is 5.75 Å². The smallest absolute Gasteiger partial charge is 0.242 e. The van der Waals surface area contributed by atoms with E-state index in [1.165, 1.54) is 26.4 Å². The van der Waals surface area contributed by atoms with Crippen molar-refractivity contribution >= 4 is 71.1 Å². The number of anilines is 1. The van der Waals surface area contributed by atoms with Crippen LogP contribution in [0.1, 0.15) is 11.1 Å². The molecule has 3 N–H and O–H groups in total. The first kappa shape index (κ1) is 22.8. The van der Waals surface area contributed by atoms with E-state index in [0.29, 0.717) is 14.6 Å². The number of aryl methyl sites for hydroxylation is 1. The summed E-state index contributed by atoms with van der Waals surface area (Å²) in [7, 11) is -0.595. The molecule has 0 aliphatic rings. The van der Waals surface area contributed by atoms with Crippen LogP contribution in [0.4, 0.5) is 5.69 Å². The maximum Gasteiger partial charge on any atom is 0.242 e. The Kier molecular flexibility index (Phi) is 7.57. The van der Waals surface area contributed by atoms with Crippen molar-refractivity contribution in [2.75, 3.05) is 19.4 Å². The highest BCUT2D eigenvalue weighted by atomic mass is 79.9. The maximum absolute atomic E-state index is 12.3. The number of benzene rings is 2. The van der Waals surface area contributed by atoms with Crippen LogP contribution in [0.15, 0.2) is 49.3 Å². The predicted molar refractivity (Wildman–Crippen MR) is 123 cm³/mol. The Morgan fingerprint density at radius 2 is 1.82 bits per heavy atom. The Balaban J connectivity index is 2.11. The standard InChI is InChI=1S/C17H18Br2N4O3S2/c1-10-4-5-12(28(25,26)23(2)3)8-15(10)21-17(27)22-20-9-11-6-13(18)16(24)14(19)7-11/h4-9,24H,1-3H3,(H2,21,22,27)/b20-9+. The second-order valence-electron chi connectivity index (χ2n) is 5.92. The summed E-state index contributed by atoms with van der Waals surface area (Å²) >= 11 is 11.7. The number of aromatic hydroxyl groups is 1. The molecule has 7 nitrogen and oxygen atoms in total. The molecule has 0 saturated heterocycles. The molecule has 0 amide bonds. The van der Waals surface area contributed by atoms with Gasteiger partial charge in [-0.05, 0) is 86.4 Å². The number of nitrogens with one attached hydrogen (secondary N) is 2. The third-order valence-electron chi connectivity index (χ3n) is 3.65. The molecular weight excluding hydrogens is 532 g/mol. The second-order valence-corrected chi connectivity index (χ2v) is 10.2. The van der Waals surface area contributed by atoms with Crippen molar-refractivity contribution in [3.05, 3.63) is 50.4 Å². The Morgan fingerprint density at radius 1 is 1.21 bits per heavy atom. The Bertz CT molecular complexity index is 1020. The SMILES string of the molecule is Cc1ccc(S(=O)(=O)N(C)C)cc1NC(=S)N/N=C/c1cc(Br)c(O)c(Br)c1. The number of hydrogen-bond donors (Lipinski definition) is 3. The van der Waals surface area contributed by atoms with E-state index < -0.39 is 10.0 Å². The van der Waals surface area contributed by atoms with E-state index in [-0.39, 0.29) is 15.8 Å². The topological polar surface area (TPSA) is 94.0 Å². The van der Waals surface area contributed by atoms with Gasteiger partial charge in [-0.2, -0.15) is 5.10 Å². The lowest BCUT2D eigenvalue weighted by molar-refractivity contribution is 0.468. The van der Waals surface area contributed by atoms with Crippen LogP contribution in [0.2, 0.25) is 0 Å². The van der Waals surface area contributed by atoms with Gasteiger partial charge in [0.2, 0.25) is 10.0 Å². The number of phenolic OH excluding ortho intramolecular Hbond substituents is 1. The molecule has 11 heteroatoms. The molecular formula is C17H18Br2N4O3S2. The van der Waals surface area contributed by atoms with Gasteiger partial charge >= 0.3 is 0 Å². The molecule has 0 aliphatic heterocycles. The zero-order valence-corrected chi connectivity index (χ0v) is 20.0. The summed E-state index contributed by atoms with van der Waals surface area (Å²) in [6.07, 6.45) is 1.53. The first-order valence-corrected chi connectivity index (χ1v) is 11.3. The lowest BCUT2D eigenvalue weighted by atomic mass is 10.2. The monoisotopic (exact) mass is 548 g/mol. The van der Waals surface area contributed by atoms with Gasteiger partial charge in [0.25, 0.3) is 0 Å². The van der Waals surface area contributed by atoms with Crippen molar-refractivity contribution in [2.45, 2.75) is 11.8 Å². The molecule has 0 heterocycles. The number of sulfonamides is 1. The van der Waals surface area contributed by atoms with E-state index in [1.54, 1.807) is 24.3 Å². The van der Waals surface area contributed by atoms with Crippen LogP contribution < -0.4 is 10.7 Å². The zero-order valence-electron chi connectivity index (χ0n) is 15.2. The van der Waals surface area contributed by atoms with Crippen molar-refractivity contribution in [2.24, 2.45) is 5.10 Å². The molecule has 0 unspecified atom stereocenters. The van der Waals surface area contributed by atoms with Crippen molar-refractivity contribution in [1.82, 2.24) is 9.73 Å². The summed E-state index contributed by atoms with van der Waals surface area (Å²) in [6, 6.07) is 8.17. The average molecular weight is 550 g/mol. The summed E-state index contributed by atoms with van der Waals surface area (Å²) in [4.78, 5) is 0.163. The van der Waals surface area contributed by atoms with Crippen LogP contribution in [0.25, 0.3) is 0 Å². The highest BCUT2D eigenvalue weighted by Crippen LogP contribution is 2.32. The number of halogens is 2. The minimum Gasteiger partial charge on any atom is -0.506 e. The molecule has 150 valence electrons. The van der Waals surface area contributed by atoms with Crippen molar-refractivity contribution in [3.63, 3.8) is 0 Å². The second kappa shape index (κ2) is 9.31. The third kappa shape index (κ3) is 5.51. The molecule has 0 spiro atoms. The largest absolute Gasteiger partial charge is 0.506 e. The van der Waals surface area contributed by atoms with Gasteiger partial charge in [-0.1, -0.05) is 6.07 Å². The molecule has 0 saturated carbocycles. The molecule has 0 fully saturated rings. The molecule has 2 aromatic carbocycles. The maximum atomic E-state index is 12.3. The molecule has 0 bridgehead atoms. The van der Waals surface area contributed by atoms with Crippen LogP contribution in [0.5, 0.6) is 5.75 Å². The third-order valence-corrected chi connectivity index (χ3v) is 6.87. The molecule has 0 aliphatic carbocycles. The lowest BCUT2D eigenvalue weighted by Crippen LogP contribution is -2.25. The summed E-state index contributed by atoms with van der Waals surface area (Å²) in [6.45, 7) is 1.84. The van der Waals surface area contributed by atoms with E-state index in [2.05, 4.69) is 47.7 Å². The summed E-state index contributed by atoms with van der Waals surface area (Å²) in [5.74, 6) is 0.102. The summed E-state index contributed by atoms with van der Waals surface area (Å²) in [5.41, 5.74) is 4.79. The number of nitrogens with zero attached hydrogens (tertiary/aromatic N) is 2. The van der Waals surface area contributed by atoms with Crippen LogP contribution in [0.3, 0.4) is 0 Å². The van der Waals surface area contributed by atoms with Gasteiger partial charge in [-0.3, -0.25) is 5.43 Å². The Morgan fingerprint density at radius 3 is 2.39 bits per heavy atom. The van der Waals surface area contributed by atoms with E-state index >= 15 is 0 Å². The first-order chi connectivity index (χ1) is 13.0. The minimum absolute atomic E-state index is 0.102. The fourth-order valence-corrected chi connectivity index (χ4v) is 4.40. The van der Waals surface area contributed by atoms with Gasteiger partial charge in [-0.25, -0.2) is 12.7 Å². The number of hydrazone groups is 1. The van der Waals surface area contributed by atoms with Crippen molar-refractivity contribution in [3.8, 4) is 5.75 Å². The number of phenols is 1. The average Bonchev–Trinajstić information content (AvgIpc) is 2.61. The van der Waals surface area contributed by atoms with E-state index in [9.17, 15) is 13.5 Å². The van der Waals surface area contributed by atoms with Crippen molar-refractivity contribution in [1.29, 1.82) is 0 Å². The summed E-state index contributed by atoms with van der Waals surface area (Å²) in [5, 5.41) is 16.9. The van der Waals surface area contributed by atoms with Gasteiger partial charge in [0.05, 0.1) is 20.1 Å². The number of thiocarbonyl (C=S) groups is 1.